The SMILES string of the molecule is CC(C)NCc1nnc(-c2ccc(F)cc2Br)o1. The van der Waals surface area contributed by atoms with Crippen LogP contribution in [0.5, 0.6) is 0 Å². The first-order valence-corrected chi connectivity index (χ1v) is 6.36. The van der Waals surface area contributed by atoms with Crippen LogP contribution in [0.3, 0.4) is 0 Å². The Hall–Kier alpha value is -1.27. The van der Waals surface area contributed by atoms with Gasteiger partial charge in [-0.2, -0.15) is 0 Å². The minimum atomic E-state index is -0.313. The maximum Gasteiger partial charge on any atom is 0.248 e. The summed E-state index contributed by atoms with van der Waals surface area (Å²) >= 11 is 3.27. The van der Waals surface area contributed by atoms with Gasteiger partial charge in [0.25, 0.3) is 0 Å². The summed E-state index contributed by atoms with van der Waals surface area (Å²) in [5.74, 6) is 0.573. The van der Waals surface area contributed by atoms with Gasteiger partial charge in [-0.05, 0) is 34.1 Å². The monoisotopic (exact) mass is 313 g/mol. The van der Waals surface area contributed by atoms with E-state index < -0.39 is 0 Å². The Morgan fingerprint density at radius 3 is 2.83 bits per heavy atom. The highest BCUT2D eigenvalue weighted by Crippen LogP contribution is 2.27. The number of rotatable bonds is 4. The molecule has 0 aliphatic rings. The van der Waals surface area contributed by atoms with Gasteiger partial charge in [0.15, 0.2) is 0 Å². The molecule has 1 N–H and O–H groups in total. The van der Waals surface area contributed by atoms with Gasteiger partial charge in [-0.15, -0.1) is 10.2 Å². The largest absolute Gasteiger partial charge is 0.419 e. The van der Waals surface area contributed by atoms with Crippen LogP contribution in [-0.2, 0) is 6.54 Å². The number of benzene rings is 1. The summed E-state index contributed by atoms with van der Waals surface area (Å²) in [7, 11) is 0. The summed E-state index contributed by atoms with van der Waals surface area (Å²) in [5.41, 5.74) is 0.680. The molecule has 96 valence electrons. The molecule has 0 aliphatic carbocycles. The predicted molar refractivity (Wildman–Crippen MR) is 69.4 cm³/mol. The van der Waals surface area contributed by atoms with Gasteiger partial charge < -0.3 is 9.73 Å². The van der Waals surface area contributed by atoms with Crippen LogP contribution in [-0.4, -0.2) is 16.2 Å². The Morgan fingerprint density at radius 1 is 1.39 bits per heavy atom. The zero-order valence-electron chi connectivity index (χ0n) is 10.1. The molecule has 1 aromatic carbocycles. The first kappa shape index (κ1) is 13.2. The minimum absolute atomic E-state index is 0.313. The van der Waals surface area contributed by atoms with Gasteiger partial charge in [0, 0.05) is 10.5 Å². The van der Waals surface area contributed by atoms with E-state index in [2.05, 4.69) is 31.4 Å². The molecule has 0 unspecified atom stereocenters. The summed E-state index contributed by atoms with van der Waals surface area (Å²) in [6.07, 6.45) is 0. The molecule has 0 atom stereocenters. The third-order valence-corrected chi connectivity index (χ3v) is 2.95. The van der Waals surface area contributed by atoms with Crippen LogP contribution >= 0.6 is 15.9 Å². The first-order chi connectivity index (χ1) is 8.56. The van der Waals surface area contributed by atoms with Crippen LogP contribution in [0.1, 0.15) is 19.7 Å². The maximum absolute atomic E-state index is 13.0. The highest BCUT2D eigenvalue weighted by Gasteiger charge is 2.12. The van der Waals surface area contributed by atoms with Crippen molar-refractivity contribution in [2.45, 2.75) is 26.4 Å². The number of aromatic nitrogens is 2. The molecule has 0 aliphatic heterocycles. The first-order valence-electron chi connectivity index (χ1n) is 5.57. The zero-order valence-corrected chi connectivity index (χ0v) is 11.7. The summed E-state index contributed by atoms with van der Waals surface area (Å²) in [4.78, 5) is 0. The van der Waals surface area contributed by atoms with Crippen LogP contribution < -0.4 is 5.32 Å². The lowest BCUT2D eigenvalue weighted by Gasteiger charge is -2.03. The van der Waals surface area contributed by atoms with Crippen molar-refractivity contribution in [1.82, 2.24) is 15.5 Å². The van der Waals surface area contributed by atoms with Gasteiger partial charge in [0.05, 0.1) is 12.1 Å². The van der Waals surface area contributed by atoms with Crippen molar-refractivity contribution in [3.63, 3.8) is 0 Å². The second-order valence-corrected chi connectivity index (χ2v) is 5.02. The van der Waals surface area contributed by atoms with Gasteiger partial charge >= 0.3 is 0 Å². The third-order valence-electron chi connectivity index (χ3n) is 2.29. The Kier molecular flexibility index (Phi) is 4.08. The van der Waals surface area contributed by atoms with E-state index in [0.717, 1.165) is 0 Å². The summed E-state index contributed by atoms with van der Waals surface area (Å²) in [5, 5.41) is 11.1. The molecular formula is C12H13BrFN3O. The Balaban J connectivity index is 2.18. The van der Waals surface area contributed by atoms with E-state index in [1.54, 1.807) is 6.07 Å². The normalized spacial score (nSPS) is 11.2. The van der Waals surface area contributed by atoms with E-state index in [-0.39, 0.29) is 5.82 Å². The Morgan fingerprint density at radius 2 is 2.17 bits per heavy atom. The van der Waals surface area contributed by atoms with E-state index in [4.69, 9.17) is 4.42 Å². The van der Waals surface area contributed by atoms with Crippen molar-refractivity contribution in [2.24, 2.45) is 0 Å². The van der Waals surface area contributed by atoms with Crippen molar-refractivity contribution in [3.8, 4) is 11.5 Å². The van der Waals surface area contributed by atoms with E-state index in [0.29, 0.717) is 34.4 Å². The number of hydrogen-bond donors (Lipinski definition) is 1. The molecule has 0 fully saturated rings. The lowest BCUT2D eigenvalue weighted by molar-refractivity contribution is 0.458. The lowest BCUT2D eigenvalue weighted by atomic mass is 10.2. The predicted octanol–water partition coefficient (Wildman–Crippen LogP) is 3.14. The molecule has 6 heteroatoms. The molecule has 2 rings (SSSR count). The Bertz CT molecular complexity index is 542. The maximum atomic E-state index is 13.0. The smallest absolute Gasteiger partial charge is 0.248 e. The lowest BCUT2D eigenvalue weighted by Crippen LogP contribution is -2.21. The van der Waals surface area contributed by atoms with Crippen molar-refractivity contribution in [1.29, 1.82) is 0 Å². The van der Waals surface area contributed by atoms with Gasteiger partial charge in [0.2, 0.25) is 11.8 Å². The molecule has 0 saturated heterocycles. The van der Waals surface area contributed by atoms with E-state index >= 15 is 0 Å². The van der Waals surface area contributed by atoms with Crippen molar-refractivity contribution < 1.29 is 8.81 Å². The topological polar surface area (TPSA) is 51.0 Å². The molecule has 0 spiro atoms. The summed E-state index contributed by atoms with van der Waals surface area (Å²) in [6, 6.07) is 4.67. The van der Waals surface area contributed by atoms with Crippen LogP contribution in [0.25, 0.3) is 11.5 Å². The standard InChI is InChI=1S/C12H13BrFN3O/c1-7(2)15-6-11-16-17-12(18-11)9-4-3-8(14)5-10(9)13/h3-5,7,15H,6H2,1-2H3. The van der Waals surface area contributed by atoms with Crippen molar-refractivity contribution in [2.75, 3.05) is 0 Å². The quantitative estimate of drug-likeness (QED) is 0.942. The fraction of sp³-hybridized carbons (Fsp3) is 0.333. The van der Waals surface area contributed by atoms with Gasteiger partial charge in [-0.25, -0.2) is 4.39 Å². The third kappa shape index (κ3) is 3.14. The number of nitrogens with one attached hydrogen (secondary N) is 1. The summed E-state index contributed by atoms with van der Waals surface area (Å²) in [6.45, 7) is 4.59. The molecule has 1 heterocycles. The van der Waals surface area contributed by atoms with Crippen LogP contribution in [0, 0.1) is 5.82 Å². The van der Waals surface area contributed by atoms with Crippen LogP contribution in [0.2, 0.25) is 0 Å². The molecule has 0 bridgehead atoms. The fourth-order valence-electron chi connectivity index (χ4n) is 1.39. The van der Waals surface area contributed by atoms with E-state index in [1.807, 2.05) is 13.8 Å². The average Bonchev–Trinajstić information content (AvgIpc) is 2.75. The molecule has 1 aromatic heterocycles. The van der Waals surface area contributed by atoms with Crippen molar-refractivity contribution in [3.05, 3.63) is 34.4 Å². The minimum Gasteiger partial charge on any atom is -0.419 e. The second kappa shape index (κ2) is 5.58. The van der Waals surface area contributed by atoms with Gasteiger partial charge in [-0.3, -0.25) is 0 Å². The number of halogens is 2. The van der Waals surface area contributed by atoms with Gasteiger partial charge in [-0.1, -0.05) is 13.8 Å². The number of nitrogens with zero attached hydrogens (tertiary/aromatic N) is 2. The highest BCUT2D eigenvalue weighted by molar-refractivity contribution is 9.10. The highest BCUT2D eigenvalue weighted by atomic mass is 79.9. The molecule has 2 aromatic rings. The Labute approximate surface area is 113 Å². The molecular weight excluding hydrogens is 301 g/mol. The molecule has 18 heavy (non-hydrogen) atoms. The van der Waals surface area contributed by atoms with E-state index in [9.17, 15) is 4.39 Å². The number of hydrogen-bond acceptors (Lipinski definition) is 4. The molecule has 0 saturated carbocycles. The molecule has 4 nitrogen and oxygen atoms in total. The van der Waals surface area contributed by atoms with Crippen LogP contribution in [0.4, 0.5) is 4.39 Å². The average molecular weight is 314 g/mol. The summed E-state index contributed by atoms with van der Waals surface area (Å²) < 4.78 is 19.1. The van der Waals surface area contributed by atoms with Gasteiger partial charge in [0.1, 0.15) is 5.82 Å². The zero-order chi connectivity index (χ0) is 13.1. The van der Waals surface area contributed by atoms with E-state index in [1.165, 1.54) is 12.1 Å². The fourth-order valence-corrected chi connectivity index (χ4v) is 1.91. The van der Waals surface area contributed by atoms with Crippen molar-refractivity contribution >= 4 is 15.9 Å². The molecule has 0 radical (unpaired) electrons. The van der Waals surface area contributed by atoms with Crippen LogP contribution in [0.15, 0.2) is 27.1 Å². The second-order valence-electron chi connectivity index (χ2n) is 4.16. The molecule has 0 amide bonds.